The fraction of sp³-hybridized carbons (Fsp3) is 0.143. The smallest absolute Gasteiger partial charge is 0.0934 e. The molecule has 0 atom stereocenters. The minimum atomic E-state index is 0.836. The quantitative estimate of drug-likeness (QED) is 0.766. The summed E-state index contributed by atoms with van der Waals surface area (Å²) in [6.45, 7) is 5.11. The van der Waals surface area contributed by atoms with Crippen LogP contribution in [0.5, 0.6) is 0 Å². The van der Waals surface area contributed by atoms with Crippen LogP contribution in [0.15, 0.2) is 41.9 Å². The van der Waals surface area contributed by atoms with E-state index < -0.39 is 0 Å². The zero-order valence-corrected chi connectivity index (χ0v) is 12.3. The SMILES string of the molecule is C=C1C(c2cccs2)=C(c2ccc(Cl)s2)CN1C. The summed E-state index contributed by atoms with van der Waals surface area (Å²) < 4.78 is 0.836. The van der Waals surface area contributed by atoms with Gasteiger partial charge in [0.2, 0.25) is 0 Å². The van der Waals surface area contributed by atoms with Crippen LogP contribution in [0.1, 0.15) is 9.75 Å². The van der Waals surface area contributed by atoms with Gasteiger partial charge < -0.3 is 4.90 Å². The summed E-state index contributed by atoms with van der Waals surface area (Å²) in [5.41, 5.74) is 3.70. The summed E-state index contributed by atoms with van der Waals surface area (Å²) >= 11 is 9.44. The maximum Gasteiger partial charge on any atom is 0.0934 e. The van der Waals surface area contributed by atoms with Gasteiger partial charge in [-0.15, -0.1) is 22.7 Å². The van der Waals surface area contributed by atoms with Gasteiger partial charge in [-0.25, -0.2) is 0 Å². The number of allylic oxidation sites excluding steroid dienone is 1. The number of likely N-dealkylation sites (N-methyl/N-ethyl adjacent to an activating group) is 1. The number of halogens is 1. The van der Waals surface area contributed by atoms with Crippen molar-refractivity contribution < 1.29 is 0 Å². The highest BCUT2D eigenvalue weighted by Crippen LogP contribution is 2.42. The summed E-state index contributed by atoms with van der Waals surface area (Å²) in [7, 11) is 2.08. The first-order chi connectivity index (χ1) is 8.66. The van der Waals surface area contributed by atoms with Gasteiger partial charge in [0.15, 0.2) is 0 Å². The number of thiophene rings is 2. The van der Waals surface area contributed by atoms with Gasteiger partial charge in [0.25, 0.3) is 0 Å². The Morgan fingerprint density at radius 2 is 2.11 bits per heavy atom. The standard InChI is InChI=1S/C14H12ClNS2/c1-9-14(12-4-3-7-17-12)10(8-16(9)2)11-5-6-13(15)18-11/h3-7H,1,8H2,2H3. The van der Waals surface area contributed by atoms with Gasteiger partial charge >= 0.3 is 0 Å². The third-order valence-corrected chi connectivity index (χ3v) is 5.26. The number of hydrogen-bond acceptors (Lipinski definition) is 3. The Kier molecular flexibility index (Phi) is 3.06. The molecule has 3 heterocycles. The van der Waals surface area contributed by atoms with Crippen LogP contribution in [0.3, 0.4) is 0 Å². The lowest BCUT2D eigenvalue weighted by molar-refractivity contribution is 0.509. The molecule has 0 saturated heterocycles. The second kappa shape index (κ2) is 4.57. The molecule has 0 unspecified atom stereocenters. The molecule has 3 rings (SSSR count). The predicted octanol–water partition coefficient (Wildman–Crippen LogP) is 4.83. The minimum absolute atomic E-state index is 0.836. The predicted molar refractivity (Wildman–Crippen MR) is 82.2 cm³/mol. The molecule has 0 aliphatic carbocycles. The fourth-order valence-corrected chi connectivity index (χ4v) is 4.07. The first-order valence-electron chi connectivity index (χ1n) is 5.60. The normalized spacial score (nSPS) is 15.9. The van der Waals surface area contributed by atoms with E-state index in [2.05, 4.69) is 42.1 Å². The lowest BCUT2D eigenvalue weighted by Gasteiger charge is -2.12. The third-order valence-electron chi connectivity index (χ3n) is 3.08. The summed E-state index contributed by atoms with van der Waals surface area (Å²) in [6, 6.07) is 8.29. The van der Waals surface area contributed by atoms with E-state index >= 15 is 0 Å². The van der Waals surface area contributed by atoms with Gasteiger partial charge in [-0.2, -0.15) is 0 Å². The van der Waals surface area contributed by atoms with Crippen LogP contribution in [0.25, 0.3) is 11.1 Å². The molecule has 0 spiro atoms. The molecule has 2 aromatic heterocycles. The zero-order chi connectivity index (χ0) is 12.7. The highest BCUT2D eigenvalue weighted by Gasteiger charge is 2.26. The number of nitrogens with zero attached hydrogens (tertiary/aromatic N) is 1. The molecule has 0 bridgehead atoms. The van der Waals surface area contributed by atoms with Crippen molar-refractivity contribution in [2.45, 2.75) is 0 Å². The molecule has 1 aliphatic heterocycles. The number of rotatable bonds is 2. The molecule has 0 aromatic carbocycles. The minimum Gasteiger partial charge on any atom is -0.370 e. The fourth-order valence-electron chi connectivity index (χ4n) is 2.17. The van der Waals surface area contributed by atoms with E-state index in [1.54, 1.807) is 22.7 Å². The van der Waals surface area contributed by atoms with Crippen LogP contribution < -0.4 is 0 Å². The Balaban J connectivity index is 2.16. The van der Waals surface area contributed by atoms with Crippen molar-refractivity contribution in [3.63, 3.8) is 0 Å². The van der Waals surface area contributed by atoms with Gasteiger partial charge in [0.05, 0.1) is 4.34 Å². The summed E-state index contributed by atoms with van der Waals surface area (Å²) in [5, 5.41) is 2.10. The average Bonchev–Trinajstić information content (AvgIpc) is 3.02. The van der Waals surface area contributed by atoms with Gasteiger partial charge in [0.1, 0.15) is 0 Å². The van der Waals surface area contributed by atoms with Crippen LogP contribution in [-0.4, -0.2) is 18.5 Å². The first-order valence-corrected chi connectivity index (χ1v) is 7.67. The molecule has 0 N–H and O–H groups in total. The van der Waals surface area contributed by atoms with Crippen molar-refractivity contribution in [1.29, 1.82) is 0 Å². The van der Waals surface area contributed by atoms with E-state index in [-0.39, 0.29) is 0 Å². The van der Waals surface area contributed by atoms with Gasteiger partial charge in [-0.1, -0.05) is 24.2 Å². The van der Waals surface area contributed by atoms with Crippen LogP contribution in [-0.2, 0) is 0 Å². The summed E-state index contributed by atoms with van der Waals surface area (Å²) in [4.78, 5) is 4.72. The van der Waals surface area contributed by atoms with E-state index in [1.165, 1.54) is 20.9 Å². The van der Waals surface area contributed by atoms with Crippen molar-refractivity contribution in [3.05, 3.63) is 56.0 Å². The molecule has 2 aromatic rings. The summed E-state index contributed by atoms with van der Waals surface area (Å²) in [6.07, 6.45) is 0. The highest BCUT2D eigenvalue weighted by molar-refractivity contribution is 7.17. The van der Waals surface area contributed by atoms with Crippen molar-refractivity contribution in [1.82, 2.24) is 4.90 Å². The van der Waals surface area contributed by atoms with E-state index in [0.717, 1.165) is 16.6 Å². The van der Waals surface area contributed by atoms with Crippen LogP contribution >= 0.6 is 34.3 Å². The average molecular weight is 294 g/mol. The Hall–Kier alpha value is -1.03. The molecular formula is C14H12ClNS2. The maximum absolute atomic E-state index is 6.05. The molecule has 18 heavy (non-hydrogen) atoms. The maximum atomic E-state index is 6.05. The van der Waals surface area contributed by atoms with E-state index in [4.69, 9.17) is 11.6 Å². The second-order valence-corrected chi connectivity index (χ2v) is 6.90. The molecule has 1 aliphatic rings. The van der Waals surface area contributed by atoms with Crippen molar-refractivity contribution >= 4 is 45.4 Å². The molecule has 0 saturated carbocycles. The van der Waals surface area contributed by atoms with Crippen LogP contribution in [0.4, 0.5) is 0 Å². The van der Waals surface area contributed by atoms with Crippen LogP contribution in [0, 0.1) is 0 Å². The van der Waals surface area contributed by atoms with Crippen LogP contribution in [0.2, 0.25) is 4.34 Å². The van der Waals surface area contributed by atoms with E-state index in [1.807, 2.05) is 6.07 Å². The molecule has 92 valence electrons. The zero-order valence-electron chi connectivity index (χ0n) is 9.94. The molecular weight excluding hydrogens is 282 g/mol. The number of hydrogen-bond donors (Lipinski definition) is 0. The van der Waals surface area contributed by atoms with Crippen molar-refractivity contribution in [2.24, 2.45) is 0 Å². The van der Waals surface area contributed by atoms with E-state index in [0.29, 0.717) is 0 Å². The lowest BCUT2D eigenvalue weighted by atomic mass is 10.1. The largest absolute Gasteiger partial charge is 0.370 e. The topological polar surface area (TPSA) is 3.24 Å². The molecule has 0 fully saturated rings. The second-order valence-electron chi connectivity index (χ2n) is 4.24. The van der Waals surface area contributed by atoms with Gasteiger partial charge in [0, 0.05) is 34.6 Å². The Morgan fingerprint density at radius 3 is 2.72 bits per heavy atom. The Morgan fingerprint density at radius 1 is 1.28 bits per heavy atom. The monoisotopic (exact) mass is 293 g/mol. The Labute approximate surface area is 120 Å². The van der Waals surface area contributed by atoms with E-state index in [9.17, 15) is 0 Å². The molecule has 1 nitrogen and oxygen atoms in total. The first kappa shape index (κ1) is 12.0. The molecule has 4 heteroatoms. The summed E-state index contributed by atoms with van der Waals surface area (Å²) in [5.74, 6) is 0. The third kappa shape index (κ3) is 1.92. The van der Waals surface area contributed by atoms with Crippen molar-refractivity contribution in [2.75, 3.05) is 13.6 Å². The lowest BCUT2D eigenvalue weighted by Crippen LogP contribution is -2.11. The Bertz CT molecular complexity index is 622. The van der Waals surface area contributed by atoms with Crippen molar-refractivity contribution in [3.8, 4) is 0 Å². The molecule has 0 amide bonds. The van der Waals surface area contributed by atoms with Gasteiger partial charge in [-0.3, -0.25) is 0 Å². The van der Waals surface area contributed by atoms with Gasteiger partial charge in [-0.05, 0) is 29.2 Å². The molecule has 0 radical (unpaired) electrons. The highest BCUT2D eigenvalue weighted by atomic mass is 35.5.